The van der Waals surface area contributed by atoms with Crippen molar-refractivity contribution in [3.8, 4) is 5.75 Å². The lowest BCUT2D eigenvalue weighted by atomic mass is 9.95. The Kier molecular flexibility index (Phi) is 6.33. The summed E-state index contributed by atoms with van der Waals surface area (Å²) in [6.45, 7) is 7.67. The number of methoxy groups -OCH3 is 1. The molecule has 2 aliphatic rings. The van der Waals surface area contributed by atoms with Gasteiger partial charge in [0.15, 0.2) is 4.80 Å². The Morgan fingerprint density at radius 1 is 1.11 bits per heavy atom. The van der Waals surface area contributed by atoms with Gasteiger partial charge in [-0.2, -0.15) is 0 Å². The largest absolute Gasteiger partial charge is 0.497 e. The molecule has 1 atom stereocenters. The van der Waals surface area contributed by atoms with Crippen molar-refractivity contribution < 1.29 is 19.1 Å². The summed E-state index contributed by atoms with van der Waals surface area (Å²) in [5.74, 6) is -0.0993. The summed E-state index contributed by atoms with van der Waals surface area (Å²) in [7, 11) is 1.57. The first kappa shape index (κ1) is 24.7. The lowest BCUT2D eigenvalue weighted by molar-refractivity contribution is -0.143. The molecule has 0 N–H and O–H groups in total. The number of carbonyl (C=O) groups is 2. The van der Waals surface area contributed by atoms with Crippen LogP contribution in [0.5, 0.6) is 5.75 Å². The van der Waals surface area contributed by atoms with Gasteiger partial charge in [-0.25, -0.2) is 9.79 Å². The van der Waals surface area contributed by atoms with Crippen LogP contribution in [0.1, 0.15) is 44.9 Å². The number of ether oxygens (including phenoxy) is 2. The molecule has 1 amide bonds. The molecule has 0 spiro atoms. The molecule has 0 unspecified atom stereocenters. The number of likely N-dealkylation sites (N-methyl/N-ethyl adjacent to an activating group) is 1. The van der Waals surface area contributed by atoms with Crippen LogP contribution >= 0.6 is 11.3 Å². The molecule has 0 saturated carbocycles. The molecule has 9 heteroatoms. The number of allylic oxidation sites excluding steroid dienone is 1. The van der Waals surface area contributed by atoms with Gasteiger partial charge in [-0.1, -0.05) is 41.7 Å². The minimum absolute atomic E-state index is 0.217. The smallest absolute Gasteiger partial charge is 0.338 e. The van der Waals surface area contributed by atoms with Gasteiger partial charge < -0.3 is 14.4 Å². The zero-order chi connectivity index (χ0) is 26.4. The standard InChI is InChI=1S/C28H27N3O5S/c1-6-30-20-10-8-7-9-19(20)22(25(30)32)24-26(33)31-23(17-11-13-18(35-5)14-12-17)21(27(34)36-15(2)3)16(4)29-28(31)37-24/h7-15,23H,6H2,1-5H3/b24-22-/t23-/m1/s1. The van der Waals surface area contributed by atoms with Crippen molar-refractivity contribution in [3.63, 3.8) is 0 Å². The van der Waals surface area contributed by atoms with Crippen LogP contribution in [0.25, 0.3) is 5.57 Å². The summed E-state index contributed by atoms with van der Waals surface area (Å²) in [4.78, 5) is 47.5. The zero-order valence-corrected chi connectivity index (χ0v) is 22.1. The number of rotatable bonds is 5. The van der Waals surface area contributed by atoms with Crippen LogP contribution in [0.3, 0.4) is 0 Å². The van der Waals surface area contributed by atoms with Crippen LogP contribution in [0.2, 0.25) is 0 Å². The van der Waals surface area contributed by atoms with Crippen molar-refractivity contribution in [2.24, 2.45) is 4.99 Å². The highest BCUT2D eigenvalue weighted by molar-refractivity contribution is 7.07. The molecule has 3 aromatic rings. The molecule has 37 heavy (non-hydrogen) atoms. The van der Waals surface area contributed by atoms with Gasteiger partial charge in [-0.3, -0.25) is 14.2 Å². The van der Waals surface area contributed by atoms with Crippen molar-refractivity contribution in [2.45, 2.75) is 39.8 Å². The van der Waals surface area contributed by atoms with E-state index in [1.54, 1.807) is 44.9 Å². The van der Waals surface area contributed by atoms with E-state index in [9.17, 15) is 14.4 Å². The van der Waals surface area contributed by atoms with E-state index in [4.69, 9.17) is 9.47 Å². The molecule has 2 aliphatic heterocycles. The van der Waals surface area contributed by atoms with Gasteiger partial charge in [0.25, 0.3) is 11.5 Å². The maximum absolute atomic E-state index is 14.1. The van der Waals surface area contributed by atoms with Gasteiger partial charge in [0.1, 0.15) is 10.3 Å². The van der Waals surface area contributed by atoms with E-state index < -0.39 is 12.0 Å². The number of fused-ring (bicyclic) bond motifs is 2. The number of aromatic nitrogens is 1. The number of para-hydroxylation sites is 1. The normalized spacial score (nSPS) is 18.1. The highest BCUT2D eigenvalue weighted by Gasteiger charge is 2.37. The maximum atomic E-state index is 14.1. The third-order valence-corrected chi connectivity index (χ3v) is 7.51. The molecule has 0 aliphatic carbocycles. The minimum atomic E-state index is -0.767. The molecule has 5 rings (SSSR count). The fourth-order valence-electron chi connectivity index (χ4n) is 4.83. The average Bonchev–Trinajstić information content (AvgIpc) is 3.34. The summed E-state index contributed by atoms with van der Waals surface area (Å²) in [6.07, 6.45) is -0.344. The highest BCUT2D eigenvalue weighted by atomic mass is 32.1. The molecule has 1 aromatic heterocycles. The molecule has 3 heterocycles. The van der Waals surface area contributed by atoms with Crippen LogP contribution in [-0.4, -0.2) is 36.2 Å². The van der Waals surface area contributed by atoms with Crippen molar-refractivity contribution in [3.05, 3.63) is 90.6 Å². The molecule has 190 valence electrons. The van der Waals surface area contributed by atoms with E-state index in [0.29, 0.717) is 38.5 Å². The van der Waals surface area contributed by atoms with Gasteiger partial charge in [-0.15, -0.1) is 0 Å². The van der Waals surface area contributed by atoms with Crippen molar-refractivity contribution in [1.82, 2.24) is 4.57 Å². The number of amides is 1. The Hall–Kier alpha value is -3.98. The predicted octanol–water partition coefficient (Wildman–Crippen LogP) is 2.93. The Morgan fingerprint density at radius 2 is 1.81 bits per heavy atom. The minimum Gasteiger partial charge on any atom is -0.497 e. The predicted molar refractivity (Wildman–Crippen MR) is 141 cm³/mol. The molecule has 0 saturated heterocycles. The Balaban J connectivity index is 1.80. The number of esters is 1. The van der Waals surface area contributed by atoms with Gasteiger partial charge in [-0.05, 0) is 51.5 Å². The Morgan fingerprint density at radius 3 is 2.46 bits per heavy atom. The lowest BCUT2D eigenvalue weighted by Gasteiger charge is -2.25. The van der Waals surface area contributed by atoms with Crippen LogP contribution in [0, 0.1) is 0 Å². The highest BCUT2D eigenvalue weighted by Crippen LogP contribution is 2.35. The number of anilines is 1. The van der Waals surface area contributed by atoms with Crippen molar-refractivity contribution in [1.29, 1.82) is 0 Å². The van der Waals surface area contributed by atoms with Gasteiger partial charge in [0.05, 0.1) is 41.8 Å². The molecule has 8 nitrogen and oxygen atoms in total. The summed E-state index contributed by atoms with van der Waals surface area (Å²) in [5.41, 5.74) is 2.95. The summed E-state index contributed by atoms with van der Waals surface area (Å²) >= 11 is 1.16. The molecular formula is C28H27N3O5S. The molecule has 2 aromatic carbocycles. The quantitative estimate of drug-likeness (QED) is 0.486. The first-order valence-electron chi connectivity index (χ1n) is 12.1. The first-order chi connectivity index (χ1) is 17.8. The van der Waals surface area contributed by atoms with Gasteiger partial charge in [0.2, 0.25) is 0 Å². The van der Waals surface area contributed by atoms with E-state index in [2.05, 4.69) is 4.99 Å². The van der Waals surface area contributed by atoms with Crippen molar-refractivity contribution >= 4 is 34.5 Å². The molecular weight excluding hydrogens is 490 g/mol. The SMILES string of the molecule is CCN1C(=O)/C(=c2\sc3n(c2=O)[C@H](c2ccc(OC)cc2)C(C(=O)OC(C)C)=C(C)N=3)c2ccccc21. The van der Waals surface area contributed by atoms with E-state index in [1.165, 1.54) is 4.57 Å². The van der Waals surface area contributed by atoms with Crippen LogP contribution in [-0.2, 0) is 14.3 Å². The number of thiazole rings is 1. The van der Waals surface area contributed by atoms with Crippen molar-refractivity contribution in [2.75, 3.05) is 18.6 Å². The molecule has 0 radical (unpaired) electrons. The number of hydrogen-bond donors (Lipinski definition) is 0. The molecule has 0 fully saturated rings. The first-order valence-corrected chi connectivity index (χ1v) is 12.9. The monoisotopic (exact) mass is 517 g/mol. The summed E-state index contributed by atoms with van der Waals surface area (Å²) < 4.78 is 12.7. The fourth-order valence-corrected chi connectivity index (χ4v) is 5.96. The lowest BCUT2D eigenvalue weighted by Crippen LogP contribution is -2.41. The van der Waals surface area contributed by atoms with Crippen LogP contribution in [0.15, 0.2) is 69.6 Å². The number of hydrogen-bond acceptors (Lipinski definition) is 7. The third-order valence-electron chi connectivity index (χ3n) is 6.46. The second-order valence-electron chi connectivity index (χ2n) is 9.07. The van der Waals surface area contributed by atoms with Crippen LogP contribution in [0.4, 0.5) is 5.69 Å². The third kappa shape index (κ3) is 3.99. The Labute approximate surface area is 217 Å². The zero-order valence-electron chi connectivity index (χ0n) is 21.3. The molecule has 0 bridgehead atoms. The number of carbonyl (C=O) groups excluding carboxylic acids is 2. The van der Waals surface area contributed by atoms with Gasteiger partial charge >= 0.3 is 5.97 Å². The fraction of sp³-hybridized carbons (Fsp3) is 0.286. The number of nitrogens with zero attached hydrogens (tertiary/aromatic N) is 3. The van der Waals surface area contributed by atoms with E-state index in [1.807, 2.05) is 43.3 Å². The summed E-state index contributed by atoms with van der Waals surface area (Å²) in [6, 6.07) is 13.9. The van der Waals surface area contributed by atoms with E-state index in [0.717, 1.165) is 22.6 Å². The summed E-state index contributed by atoms with van der Waals surface area (Å²) in [5, 5.41) is 0. The second-order valence-corrected chi connectivity index (χ2v) is 10.0. The van der Waals surface area contributed by atoms with E-state index in [-0.39, 0.29) is 23.1 Å². The second kappa shape index (κ2) is 9.48. The topological polar surface area (TPSA) is 90.2 Å². The van der Waals surface area contributed by atoms with E-state index >= 15 is 0 Å². The average molecular weight is 518 g/mol. The van der Waals surface area contributed by atoms with Gasteiger partial charge in [0, 0.05) is 12.1 Å². The Bertz CT molecular complexity index is 1630. The van der Waals surface area contributed by atoms with Crippen LogP contribution < -0.4 is 24.5 Å². The maximum Gasteiger partial charge on any atom is 0.338 e. The number of benzene rings is 2.